The van der Waals surface area contributed by atoms with Crippen LogP contribution in [0.5, 0.6) is 0 Å². The maximum Gasteiger partial charge on any atom is 0.288 e. The van der Waals surface area contributed by atoms with Gasteiger partial charge in [-0.1, -0.05) is 0 Å². The zero-order valence-corrected chi connectivity index (χ0v) is 11.1. The first-order valence-corrected chi connectivity index (χ1v) is 6.06. The van der Waals surface area contributed by atoms with Gasteiger partial charge in [0.2, 0.25) is 0 Å². The van der Waals surface area contributed by atoms with Crippen LogP contribution in [0.1, 0.15) is 17.3 Å². The zero-order chi connectivity index (χ0) is 15.2. The number of carbonyl (C=O) groups excluding carboxylic acids is 1. The Kier molecular flexibility index (Phi) is 4.34. The van der Waals surface area contributed by atoms with Crippen molar-refractivity contribution in [3.63, 3.8) is 0 Å². The van der Waals surface area contributed by atoms with Crippen LogP contribution in [0.25, 0.3) is 0 Å². The van der Waals surface area contributed by atoms with E-state index in [2.05, 4.69) is 25.6 Å². The van der Waals surface area contributed by atoms with E-state index in [1.165, 1.54) is 24.8 Å². The Morgan fingerprint density at radius 2 is 2.05 bits per heavy atom. The molecular formula is C12H12N6O3. The van der Waals surface area contributed by atoms with Crippen LogP contribution in [0.3, 0.4) is 0 Å². The van der Waals surface area contributed by atoms with Gasteiger partial charge in [0.05, 0.1) is 28.6 Å². The van der Waals surface area contributed by atoms with Crippen molar-refractivity contribution < 1.29 is 9.72 Å². The molecule has 0 saturated heterocycles. The van der Waals surface area contributed by atoms with Crippen molar-refractivity contribution in [3.05, 3.63) is 46.7 Å². The van der Waals surface area contributed by atoms with Crippen LogP contribution < -0.4 is 10.6 Å². The lowest BCUT2D eigenvalue weighted by atomic mass is 10.2. The number of hydrogen-bond acceptors (Lipinski definition) is 7. The van der Waals surface area contributed by atoms with Gasteiger partial charge in [-0.25, -0.2) is 15.0 Å². The third-order valence-corrected chi connectivity index (χ3v) is 2.49. The number of nitro groups is 1. The van der Waals surface area contributed by atoms with E-state index >= 15 is 0 Å². The van der Waals surface area contributed by atoms with E-state index < -0.39 is 10.8 Å². The zero-order valence-electron chi connectivity index (χ0n) is 11.1. The molecule has 0 aliphatic rings. The van der Waals surface area contributed by atoms with E-state index in [-0.39, 0.29) is 17.1 Å². The fourth-order valence-corrected chi connectivity index (χ4v) is 1.60. The Hall–Kier alpha value is -3.10. The molecule has 0 radical (unpaired) electrons. The van der Waals surface area contributed by atoms with Gasteiger partial charge >= 0.3 is 0 Å². The molecule has 1 amide bonds. The highest BCUT2D eigenvalue weighted by Gasteiger charge is 2.18. The normalized spacial score (nSPS) is 9.95. The number of nitrogens with zero attached hydrogens (tertiary/aromatic N) is 4. The summed E-state index contributed by atoms with van der Waals surface area (Å²) in [5.74, 6) is -0.255. The molecule has 0 aliphatic heterocycles. The van der Waals surface area contributed by atoms with E-state index in [9.17, 15) is 14.9 Å². The summed E-state index contributed by atoms with van der Waals surface area (Å²) in [5.41, 5.74) is 0.206. The minimum atomic E-state index is -0.606. The van der Waals surface area contributed by atoms with Crippen LogP contribution in [-0.2, 0) is 0 Å². The Morgan fingerprint density at radius 3 is 2.67 bits per heavy atom. The van der Waals surface area contributed by atoms with Crippen LogP contribution in [0.4, 0.5) is 17.2 Å². The highest BCUT2D eigenvalue weighted by atomic mass is 16.6. The van der Waals surface area contributed by atoms with Gasteiger partial charge in [0.1, 0.15) is 18.3 Å². The third kappa shape index (κ3) is 3.47. The van der Waals surface area contributed by atoms with Crippen LogP contribution in [-0.4, -0.2) is 32.3 Å². The average Bonchev–Trinajstić information content (AvgIpc) is 2.48. The van der Waals surface area contributed by atoms with Gasteiger partial charge in [-0.3, -0.25) is 14.9 Å². The van der Waals surface area contributed by atoms with Gasteiger partial charge in [-0.2, -0.15) is 0 Å². The molecule has 2 N–H and O–H groups in total. The van der Waals surface area contributed by atoms with E-state index in [1.54, 1.807) is 0 Å². The summed E-state index contributed by atoms with van der Waals surface area (Å²) in [6.45, 7) is 2.36. The monoisotopic (exact) mass is 288 g/mol. The number of hydrogen-bond donors (Lipinski definition) is 2. The molecule has 0 bridgehead atoms. The fourth-order valence-electron chi connectivity index (χ4n) is 1.60. The topological polar surface area (TPSA) is 123 Å². The average molecular weight is 288 g/mol. The van der Waals surface area contributed by atoms with Gasteiger partial charge in [0.15, 0.2) is 0 Å². The first-order chi connectivity index (χ1) is 10.1. The standard InChI is InChI=1S/C12H12N6O3/c1-2-15-11-10(3-9(6-16-11)18(20)21)12(19)17-8-4-13-7-14-5-8/h3-7H,2H2,1H3,(H,15,16)(H,17,19). The minimum Gasteiger partial charge on any atom is -0.370 e. The van der Waals surface area contributed by atoms with Gasteiger partial charge in [-0.05, 0) is 6.92 Å². The molecule has 0 spiro atoms. The quantitative estimate of drug-likeness (QED) is 0.630. The molecule has 21 heavy (non-hydrogen) atoms. The van der Waals surface area contributed by atoms with E-state index in [4.69, 9.17) is 0 Å². The third-order valence-electron chi connectivity index (χ3n) is 2.49. The van der Waals surface area contributed by atoms with Crippen LogP contribution in [0, 0.1) is 10.1 Å². The maximum absolute atomic E-state index is 12.2. The molecule has 9 heteroatoms. The summed E-state index contributed by atoms with van der Waals surface area (Å²) in [6.07, 6.45) is 5.26. The van der Waals surface area contributed by atoms with Crippen molar-refractivity contribution in [1.82, 2.24) is 15.0 Å². The first-order valence-electron chi connectivity index (χ1n) is 6.06. The number of pyridine rings is 1. The summed E-state index contributed by atoms with van der Waals surface area (Å²) < 4.78 is 0. The van der Waals surface area contributed by atoms with Crippen LogP contribution in [0.15, 0.2) is 31.0 Å². The number of carbonyl (C=O) groups is 1. The Labute approximate surface area is 119 Å². The van der Waals surface area contributed by atoms with Crippen molar-refractivity contribution in [3.8, 4) is 0 Å². The lowest BCUT2D eigenvalue weighted by molar-refractivity contribution is -0.385. The number of anilines is 2. The SMILES string of the molecule is CCNc1ncc([N+](=O)[O-])cc1C(=O)Nc1cncnc1. The van der Waals surface area contributed by atoms with Gasteiger partial charge in [0.25, 0.3) is 11.6 Å². The van der Waals surface area contributed by atoms with E-state index in [1.807, 2.05) is 6.92 Å². The fraction of sp³-hybridized carbons (Fsp3) is 0.167. The predicted octanol–water partition coefficient (Wildman–Crippen LogP) is 1.46. The largest absolute Gasteiger partial charge is 0.370 e. The number of nitrogens with one attached hydrogen (secondary N) is 2. The second-order valence-corrected chi connectivity index (χ2v) is 3.96. The molecule has 0 aromatic carbocycles. The molecule has 2 heterocycles. The van der Waals surface area contributed by atoms with Gasteiger partial charge < -0.3 is 10.6 Å². The number of amides is 1. The van der Waals surface area contributed by atoms with Gasteiger partial charge in [-0.15, -0.1) is 0 Å². The van der Waals surface area contributed by atoms with Crippen molar-refractivity contribution in [2.45, 2.75) is 6.92 Å². The van der Waals surface area contributed by atoms with Gasteiger partial charge in [0, 0.05) is 12.6 Å². The predicted molar refractivity (Wildman–Crippen MR) is 75.0 cm³/mol. The lowest BCUT2D eigenvalue weighted by Gasteiger charge is -2.09. The highest BCUT2D eigenvalue weighted by molar-refractivity contribution is 6.07. The highest BCUT2D eigenvalue weighted by Crippen LogP contribution is 2.20. The molecule has 0 saturated carbocycles. The number of rotatable bonds is 5. The summed E-state index contributed by atoms with van der Waals surface area (Å²) in [6, 6.07) is 1.17. The Bertz CT molecular complexity index is 661. The Balaban J connectivity index is 2.33. The van der Waals surface area contributed by atoms with Crippen molar-refractivity contribution in [2.75, 3.05) is 17.2 Å². The molecule has 2 aromatic rings. The van der Waals surface area contributed by atoms with E-state index in [0.29, 0.717) is 12.2 Å². The summed E-state index contributed by atoms with van der Waals surface area (Å²) >= 11 is 0. The summed E-state index contributed by atoms with van der Waals surface area (Å²) in [4.78, 5) is 33.9. The second kappa shape index (κ2) is 6.37. The maximum atomic E-state index is 12.2. The van der Waals surface area contributed by atoms with Crippen molar-refractivity contribution in [1.29, 1.82) is 0 Å². The molecular weight excluding hydrogens is 276 g/mol. The van der Waals surface area contributed by atoms with Crippen LogP contribution in [0.2, 0.25) is 0 Å². The molecule has 2 rings (SSSR count). The molecule has 0 unspecified atom stereocenters. The first kappa shape index (κ1) is 14.3. The molecule has 2 aromatic heterocycles. The second-order valence-electron chi connectivity index (χ2n) is 3.96. The molecule has 0 atom stereocenters. The minimum absolute atomic E-state index is 0.0786. The van der Waals surface area contributed by atoms with Crippen molar-refractivity contribution >= 4 is 23.1 Å². The smallest absolute Gasteiger partial charge is 0.288 e. The van der Waals surface area contributed by atoms with Crippen LogP contribution >= 0.6 is 0 Å². The molecule has 0 aliphatic carbocycles. The lowest BCUT2D eigenvalue weighted by Crippen LogP contribution is -2.16. The number of aromatic nitrogens is 3. The molecule has 108 valence electrons. The van der Waals surface area contributed by atoms with Crippen molar-refractivity contribution in [2.24, 2.45) is 0 Å². The molecule has 9 nitrogen and oxygen atoms in total. The summed E-state index contributed by atoms with van der Waals surface area (Å²) in [5, 5.41) is 16.2. The molecule has 0 fully saturated rings. The Morgan fingerprint density at radius 1 is 1.33 bits per heavy atom. The summed E-state index contributed by atoms with van der Waals surface area (Å²) in [7, 11) is 0. The van der Waals surface area contributed by atoms with E-state index in [0.717, 1.165) is 6.20 Å².